The van der Waals surface area contributed by atoms with Gasteiger partial charge >= 0.3 is 0 Å². The number of amides is 1. The van der Waals surface area contributed by atoms with Crippen molar-refractivity contribution in [1.29, 1.82) is 0 Å². The van der Waals surface area contributed by atoms with E-state index in [0.717, 1.165) is 25.8 Å². The fourth-order valence-electron chi connectivity index (χ4n) is 4.61. The molecular formula is C22H33N3O. The number of carbonyl (C=O) groups is 1. The first-order chi connectivity index (χ1) is 12.5. The molecule has 2 unspecified atom stereocenters. The summed E-state index contributed by atoms with van der Waals surface area (Å²) in [6.07, 6.45) is 7.67. The lowest BCUT2D eigenvalue weighted by atomic mass is 9.85. The Labute approximate surface area is 158 Å². The molecule has 3 atom stereocenters. The maximum Gasteiger partial charge on any atom is 0.235 e. The van der Waals surface area contributed by atoms with E-state index in [4.69, 9.17) is 5.73 Å². The van der Waals surface area contributed by atoms with E-state index in [-0.39, 0.29) is 18.0 Å². The minimum Gasteiger partial charge on any atom is -0.368 e. The van der Waals surface area contributed by atoms with Crippen LogP contribution in [0.3, 0.4) is 0 Å². The van der Waals surface area contributed by atoms with Gasteiger partial charge in [-0.25, -0.2) is 0 Å². The Morgan fingerprint density at radius 3 is 2.77 bits per heavy atom. The van der Waals surface area contributed by atoms with Crippen molar-refractivity contribution >= 4 is 5.91 Å². The number of rotatable bonds is 6. The van der Waals surface area contributed by atoms with E-state index in [1.165, 1.54) is 36.1 Å². The van der Waals surface area contributed by atoms with Crippen molar-refractivity contribution in [3.63, 3.8) is 0 Å². The molecule has 1 aromatic rings. The third-order valence-corrected chi connectivity index (χ3v) is 6.37. The molecule has 0 saturated carbocycles. The predicted molar refractivity (Wildman–Crippen MR) is 107 cm³/mol. The zero-order valence-corrected chi connectivity index (χ0v) is 16.4. The molecule has 4 nitrogen and oxygen atoms in total. The van der Waals surface area contributed by atoms with Crippen molar-refractivity contribution in [2.75, 3.05) is 20.1 Å². The second kappa shape index (κ2) is 8.36. The van der Waals surface area contributed by atoms with Crippen LogP contribution in [0.25, 0.3) is 0 Å². The Kier molecular flexibility index (Phi) is 6.15. The van der Waals surface area contributed by atoms with Gasteiger partial charge in [0.15, 0.2) is 0 Å². The van der Waals surface area contributed by atoms with Crippen LogP contribution in [-0.2, 0) is 11.2 Å². The highest BCUT2D eigenvalue weighted by Crippen LogP contribution is 2.36. The lowest BCUT2D eigenvalue weighted by Crippen LogP contribution is -2.49. The van der Waals surface area contributed by atoms with E-state index < -0.39 is 0 Å². The van der Waals surface area contributed by atoms with E-state index in [2.05, 4.69) is 61.0 Å². The molecule has 2 aliphatic heterocycles. The molecule has 4 heteroatoms. The Balaban J connectivity index is 1.73. The van der Waals surface area contributed by atoms with Crippen molar-refractivity contribution in [2.24, 2.45) is 5.73 Å². The van der Waals surface area contributed by atoms with Gasteiger partial charge in [-0.2, -0.15) is 0 Å². The molecule has 3 rings (SSSR count). The molecule has 0 aromatic heterocycles. The lowest BCUT2D eigenvalue weighted by Gasteiger charge is -2.41. The highest BCUT2D eigenvalue weighted by Gasteiger charge is 2.34. The summed E-state index contributed by atoms with van der Waals surface area (Å²) in [7, 11) is 2.06. The Morgan fingerprint density at radius 2 is 2.12 bits per heavy atom. The SMILES string of the molecule is CCC(CC[C@H]1c2ccccc2CC(C(N)=O)N1C)N1CC=C(C)CC1. The highest BCUT2D eigenvalue weighted by molar-refractivity contribution is 5.80. The van der Waals surface area contributed by atoms with E-state index in [1.54, 1.807) is 0 Å². The van der Waals surface area contributed by atoms with Gasteiger partial charge in [0, 0.05) is 25.2 Å². The Bertz CT molecular complexity index is 669. The molecule has 142 valence electrons. The van der Waals surface area contributed by atoms with Crippen LogP contribution in [0.5, 0.6) is 0 Å². The fraction of sp³-hybridized carbons (Fsp3) is 0.591. The van der Waals surface area contributed by atoms with Crippen LogP contribution in [-0.4, -0.2) is 47.9 Å². The first-order valence-corrected chi connectivity index (χ1v) is 10.00. The minimum absolute atomic E-state index is 0.199. The van der Waals surface area contributed by atoms with Crippen LogP contribution < -0.4 is 5.73 Å². The summed E-state index contributed by atoms with van der Waals surface area (Å²) in [5.41, 5.74) is 9.86. The van der Waals surface area contributed by atoms with Crippen molar-refractivity contribution in [2.45, 2.75) is 64.1 Å². The molecule has 0 aliphatic carbocycles. The number of hydrogen-bond donors (Lipinski definition) is 1. The number of benzene rings is 1. The van der Waals surface area contributed by atoms with Gasteiger partial charge in [0.05, 0.1) is 6.04 Å². The van der Waals surface area contributed by atoms with Gasteiger partial charge < -0.3 is 5.73 Å². The molecule has 0 saturated heterocycles. The van der Waals surface area contributed by atoms with Crippen molar-refractivity contribution < 1.29 is 4.79 Å². The number of fused-ring (bicyclic) bond motifs is 1. The van der Waals surface area contributed by atoms with Crippen LogP contribution >= 0.6 is 0 Å². The third kappa shape index (κ3) is 4.02. The molecule has 2 heterocycles. The molecule has 0 spiro atoms. The quantitative estimate of drug-likeness (QED) is 0.797. The maximum atomic E-state index is 12.0. The molecule has 2 N–H and O–H groups in total. The van der Waals surface area contributed by atoms with E-state index >= 15 is 0 Å². The van der Waals surface area contributed by atoms with Gasteiger partial charge in [0.25, 0.3) is 0 Å². The van der Waals surface area contributed by atoms with Crippen molar-refractivity contribution in [3.05, 3.63) is 47.0 Å². The summed E-state index contributed by atoms with van der Waals surface area (Å²) >= 11 is 0. The molecule has 1 aromatic carbocycles. The average molecular weight is 356 g/mol. The molecule has 2 aliphatic rings. The number of hydrogen-bond acceptors (Lipinski definition) is 3. The van der Waals surface area contributed by atoms with Gasteiger partial charge in [-0.1, -0.05) is 42.8 Å². The number of primary amides is 1. The van der Waals surface area contributed by atoms with Gasteiger partial charge in [0.1, 0.15) is 0 Å². The number of carbonyl (C=O) groups excluding carboxylic acids is 1. The summed E-state index contributed by atoms with van der Waals surface area (Å²) in [6, 6.07) is 9.23. The fourth-order valence-corrected chi connectivity index (χ4v) is 4.61. The third-order valence-electron chi connectivity index (χ3n) is 6.37. The van der Waals surface area contributed by atoms with E-state index in [9.17, 15) is 4.79 Å². The van der Waals surface area contributed by atoms with Gasteiger partial charge in [-0.15, -0.1) is 0 Å². The summed E-state index contributed by atoms with van der Waals surface area (Å²) in [6.45, 7) is 6.77. The second-order valence-corrected chi connectivity index (χ2v) is 7.94. The maximum absolute atomic E-state index is 12.0. The van der Waals surface area contributed by atoms with Crippen LogP contribution in [0.4, 0.5) is 0 Å². The standard InChI is InChI=1S/C22H33N3O/c1-4-18(25-13-11-16(2)12-14-25)9-10-20-19-8-6-5-7-17(19)15-21(22(23)26)24(20)3/h5-8,11,18,20-21H,4,9-10,12-15H2,1-3H3,(H2,23,26)/t18?,20-,21?/m0/s1. The second-order valence-electron chi connectivity index (χ2n) is 7.94. The van der Waals surface area contributed by atoms with Crippen LogP contribution in [0, 0.1) is 0 Å². The largest absolute Gasteiger partial charge is 0.368 e. The molecule has 26 heavy (non-hydrogen) atoms. The highest BCUT2D eigenvalue weighted by atomic mass is 16.1. The summed E-state index contributed by atoms with van der Waals surface area (Å²) in [5, 5.41) is 0. The predicted octanol–water partition coefficient (Wildman–Crippen LogP) is 3.28. The first-order valence-electron chi connectivity index (χ1n) is 10.00. The monoisotopic (exact) mass is 355 g/mol. The van der Waals surface area contributed by atoms with Crippen molar-refractivity contribution in [1.82, 2.24) is 9.80 Å². The minimum atomic E-state index is -0.212. The zero-order valence-electron chi connectivity index (χ0n) is 16.4. The van der Waals surface area contributed by atoms with Gasteiger partial charge in [0.2, 0.25) is 5.91 Å². The van der Waals surface area contributed by atoms with Crippen molar-refractivity contribution in [3.8, 4) is 0 Å². The Morgan fingerprint density at radius 1 is 1.35 bits per heavy atom. The topological polar surface area (TPSA) is 49.6 Å². The molecule has 1 amide bonds. The number of likely N-dealkylation sites (N-methyl/N-ethyl adjacent to an activating group) is 1. The van der Waals surface area contributed by atoms with E-state index in [0.29, 0.717) is 6.04 Å². The number of nitrogens with zero attached hydrogens (tertiary/aromatic N) is 2. The Hall–Kier alpha value is -1.65. The van der Waals surface area contributed by atoms with Crippen LogP contribution in [0.1, 0.15) is 56.7 Å². The zero-order chi connectivity index (χ0) is 18.7. The van der Waals surface area contributed by atoms with E-state index in [1.807, 2.05) is 0 Å². The molecular weight excluding hydrogens is 322 g/mol. The summed E-state index contributed by atoms with van der Waals surface area (Å²) in [4.78, 5) is 16.8. The summed E-state index contributed by atoms with van der Waals surface area (Å²) < 4.78 is 0. The molecule has 0 bridgehead atoms. The lowest BCUT2D eigenvalue weighted by molar-refractivity contribution is -0.124. The molecule has 0 radical (unpaired) electrons. The number of nitrogens with two attached hydrogens (primary N) is 1. The van der Waals surface area contributed by atoms with Gasteiger partial charge in [-0.05, 0) is 57.2 Å². The molecule has 0 fully saturated rings. The smallest absolute Gasteiger partial charge is 0.235 e. The first kappa shape index (κ1) is 19.1. The normalized spacial score (nSPS) is 25.4. The summed E-state index contributed by atoms with van der Waals surface area (Å²) in [5.74, 6) is -0.212. The van der Waals surface area contributed by atoms with Crippen LogP contribution in [0.2, 0.25) is 0 Å². The van der Waals surface area contributed by atoms with Crippen LogP contribution in [0.15, 0.2) is 35.9 Å². The van der Waals surface area contributed by atoms with Gasteiger partial charge in [-0.3, -0.25) is 14.6 Å². The average Bonchev–Trinajstić information content (AvgIpc) is 2.64.